The number of aliphatic carboxylic acids is 2. The number of aliphatic hydroxyl groups is 4. The summed E-state index contributed by atoms with van der Waals surface area (Å²) < 4.78 is 5.36. The van der Waals surface area contributed by atoms with Crippen LogP contribution in [0.2, 0.25) is 0 Å². The highest BCUT2D eigenvalue weighted by Gasteiger charge is 2.40. The summed E-state index contributed by atoms with van der Waals surface area (Å²) in [5.41, 5.74) is 16.5. The number of unbranched alkanes of at least 4 members (excludes halogenated alkanes) is 15. The Hall–Kier alpha value is -6.61. The Kier molecular flexibility index (Phi) is 41.2. The number of alkyl halides is 1. The molecule has 32 heteroatoms. The largest absolute Gasteiger partial charge is 0.481 e. The van der Waals surface area contributed by atoms with Gasteiger partial charge in [0.2, 0.25) is 47.3 Å². The number of carbonyl (C=O) groups is 12. The molecule has 0 aromatic carbocycles. The molecule has 1 aliphatic rings. The molecule has 0 saturated carbocycles. The van der Waals surface area contributed by atoms with Gasteiger partial charge in [-0.1, -0.05) is 109 Å². The van der Waals surface area contributed by atoms with Gasteiger partial charge >= 0.3 is 17.9 Å². The first-order chi connectivity index (χ1) is 42.3. The molecule has 89 heavy (non-hydrogen) atoms. The highest BCUT2D eigenvalue weighted by atomic mass is 35.5. The van der Waals surface area contributed by atoms with Crippen molar-refractivity contribution in [3.05, 3.63) is 11.8 Å². The lowest BCUT2D eigenvalue weighted by atomic mass is 10.0. The van der Waals surface area contributed by atoms with Gasteiger partial charge in [-0.2, -0.15) is 0 Å². The van der Waals surface area contributed by atoms with Crippen molar-refractivity contribution in [2.45, 2.75) is 241 Å². The lowest BCUT2D eigenvalue weighted by Crippen LogP contribution is -2.63. The number of carboxylic acid groups (broad SMARTS) is 2. The molecular weight excluding hydrogens is 1190 g/mol. The molecule has 0 aromatic heterocycles. The van der Waals surface area contributed by atoms with Crippen LogP contribution >= 0.6 is 11.6 Å². The minimum absolute atomic E-state index is 0.0459. The van der Waals surface area contributed by atoms with Gasteiger partial charge in [-0.3, -0.25) is 47.9 Å². The Morgan fingerprint density at radius 1 is 0.584 bits per heavy atom. The molecule has 0 aromatic rings. The van der Waals surface area contributed by atoms with Crippen molar-refractivity contribution >= 4 is 82.7 Å². The first-order valence-corrected chi connectivity index (χ1v) is 31.2. The van der Waals surface area contributed by atoms with Crippen LogP contribution in [0, 0.1) is 0 Å². The molecule has 1 fully saturated rings. The molecule has 31 nitrogen and oxygen atoms in total. The van der Waals surface area contributed by atoms with Crippen molar-refractivity contribution in [2.75, 3.05) is 32.1 Å². The summed E-state index contributed by atoms with van der Waals surface area (Å²) in [4.78, 5) is 163. The summed E-state index contributed by atoms with van der Waals surface area (Å²) in [5, 5.41) is 82.5. The number of allylic oxidation sites excluding steroid dienone is 1. The van der Waals surface area contributed by atoms with Gasteiger partial charge in [0.1, 0.15) is 54.6 Å². The Morgan fingerprint density at radius 3 is 1.54 bits per heavy atom. The van der Waals surface area contributed by atoms with E-state index in [1.54, 1.807) is 0 Å². The molecule has 0 radical (unpaired) electrons. The lowest BCUT2D eigenvalue weighted by Gasteiger charge is -2.29. The van der Waals surface area contributed by atoms with Crippen LogP contribution < -0.4 is 65.1 Å². The van der Waals surface area contributed by atoms with E-state index in [4.69, 9.17) is 33.5 Å². The van der Waals surface area contributed by atoms with Gasteiger partial charge in [-0.15, -0.1) is 11.6 Å². The maximum Gasteiger partial charge on any atom is 0.335 e. The van der Waals surface area contributed by atoms with E-state index in [-0.39, 0.29) is 45.3 Å². The zero-order chi connectivity index (χ0) is 67.0. The summed E-state index contributed by atoms with van der Waals surface area (Å²) in [6.45, 7) is 2.66. The number of cyclic esters (lactones) is 1. The summed E-state index contributed by atoms with van der Waals surface area (Å²) in [5.74, 6) is -17.6. The quantitative estimate of drug-likeness (QED) is 0.0134. The Balaban J connectivity index is 3.79. The second kappa shape index (κ2) is 45.6. The molecule has 508 valence electrons. The normalized spacial score (nSPS) is 23.7. The number of halogens is 1. The van der Waals surface area contributed by atoms with Crippen molar-refractivity contribution in [3.8, 4) is 0 Å². The number of carboxylic acids is 2. The van der Waals surface area contributed by atoms with Crippen LogP contribution in [0.15, 0.2) is 11.8 Å². The van der Waals surface area contributed by atoms with Crippen LogP contribution in [0.1, 0.15) is 168 Å². The summed E-state index contributed by atoms with van der Waals surface area (Å²) in [6.07, 6.45) is 7.39. The van der Waals surface area contributed by atoms with E-state index in [0.717, 1.165) is 45.1 Å². The predicted octanol–water partition coefficient (Wildman–Crippen LogP) is -2.82. The van der Waals surface area contributed by atoms with Crippen molar-refractivity contribution < 1.29 is 92.9 Å². The van der Waals surface area contributed by atoms with Gasteiger partial charge in [0, 0.05) is 0 Å². The van der Waals surface area contributed by atoms with E-state index >= 15 is 0 Å². The van der Waals surface area contributed by atoms with E-state index in [9.17, 15) is 88.2 Å². The number of hydrogen-bond acceptors (Lipinski definition) is 20. The van der Waals surface area contributed by atoms with Crippen LogP contribution in [0.25, 0.3) is 0 Å². The number of esters is 1. The third-order valence-corrected chi connectivity index (χ3v) is 14.8. The molecule has 1 aliphatic heterocycles. The zero-order valence-electron chi connectivity index (χ0n) is 51.4. The van der Waals surface area contributed by atoms with E-state index in [2.05, 4.69) is 49.5 Å². The van der Waals surface area contributed by atoms with Gasteiger partial charge in [0.05, 0.1) is 37.0 Å². The second-order valence-corrected chi connectivity index (χ2v) is 22.3. The lowest BCUT2D eigenvalue weighted by molar-refractivity contribution is -0.153. The smallest absolute Gasteiger partial charge is 0.335 e. The summed E-state index contributed by atoms with van der Waals surface area (Å²) in [7, 11) is 0. The number of hydrogen-bond donors (Lipinski definition) is 18. The zero-order valence-corrected chi connectivity index (χ0v) is 52.2. The standard InChI is InChI=1S/C57H99ClN12O19/c1-4-6-7-8-9-10-11-12-13-14-15-16-17-18-19-22-34(72)29-42(74)62-40-32-89-57(88)45(41(73)31-58)69-48(78)35(5-2)63-54(84)44(33(3)71)68-51(81)38(25-28-61)66-55(85)46(47(77)56(86)87)70-50(80)36(23-20-21-26-59)64-52(82)39(30-43(75)76)67-49(79)37(24-27-60)65-53(40)83/h5,33-34,36-41,44-47,71-73,77H,4,6-32,59-61H2,1-3H3,(H,62,74)(H,63,84)(H,64,82)(H,65,83)(H,66,85)(H,67,79)(H,68,81)(H,69,78)(H,70,80)(H,75,76)(H,86,87)/b35-5+/t33-,34-,36?,37?,38-,39-,40?,41+,44?,45?,46?,47-/m0/s1. The molecule has 0 aliphatic carbocycles. The van der Waals surface area contributed by atoms with Crippen LogP contribution in [-0.2, 0) is 62.3 Å². The number of ether oxygens (including phenoxy) is 1. The number of carbonyl (C=O) groups excluding carboxylic acids is 10. The van der Waals surface area contributed by atoms with Gasteiger partial charge in [-0.25, -0.2) is 9.59 Å². The molecule has 12 atom stereocenters. The van der Waals surface area contributed by atoms with E-state index in [1.165, 1.54) is 64.7 Å². The molecule has 21 N–H and O–H groups in total. The van der Waals surface area contributed by atoms with E-state index < -0.39 is 188 Å². The number of nitrogens with one attached hydrogen (secondary N) is 9. The highest BCUT2D eigenvalue weighted by molar-refractivity contribution is 6.18. The second-order valence-electron chi connectivity index (χ2n) is 22.0. The van der Waals surface area contributed by atoms with Crippen LogP contribution in [0.4, 0.5) is 0 Å². The molecule has 9 amide bonds. The van der Waals surface area contributed by atoms with Crippen molar-refractivity contribution in [1.82, 2.24) is 47.9 Å². The average molecular weight is 1290 g/mol. The highest BCUT2D eigenvalue weighted by Crippen LogP contribution is 2.16. The fraction of sp³-hybridized carbons (Fsp3) is 0.754. The molecule has 0 bridgehead atoms. The fourth-order valence-corrected chi connectivity index (χ4v) is 9.47. The number of nitrogens with two attached hydrogens (primary N) is 3. The Bertz CT molecular complexity index is 2300. The maximum atomic E-state index is 14.2. The van der Waals surface area contributed by atoms with E-state index in [0.29, 0.717) is 6.42 Å². The molecule has 1 heterocycles. The Morgan fingerprint density at radius 2 is 1.06 bits per heavy atom. The SMILES string of the molecule is C/C=C1/NC(=O)C([C@H](C)O)NC(=O)[C@H](CCN)NC(=O)C([C@H](O)C(=O)O)NC(=O)C(CCCCN)NC(=O)[C@H](CC(=O)O)NC(=O)C(CCN)NC(=O)C(NC(=O)C[C@@H](O)CCCCCCCCCCCCCCCCC)COC(=O)C([C@H](O)CCl)NC1=O. The maximum absolute atomic E-state index is 14.2. The third kappa shape index (κ3) is 32.1. The summed E-state index contributed by atoms with van der Waals surface area (Å²) in [6, 6.07) is -16.0. The first-order valence-electron chi connectivity index (χ1n) is 30.7. The molecule has 1 saturated heterocycles. The van der Waals surface area contributed by atoms with Gasteiger partial charge in [-0.05, 0) is 72.0 Å². The van der Waals surface area contributed by atoms with Crippen molar-refractivity contribution in [1.29, 1.82) is 0 Å². The Labute approximate surface area is 524 Å². The van der Waals surface area contributed by atoms with Crippen LogP contribution in [0.3, 0.4) is 0 Å². The topological polar surface area (TPSA) is 522 Å². The average Bonchev–Trinajstić information content (AvgIpc) is 2.67. The van der Waals surface area contributed by atoms with Gasteiger partial charge < -0.3 is 100 Å². The minimum atomic E-state index is -2.77. The molecule has 6 unspecified atom stereocenters. The molecule has 1 rings (SSSR count). The van der Waals surface area contributed by atoms with E-state index in [1.807, 2.05) is 5.32 Å². The van der Waals surface area contributed by atoms with Crippen LogP contribution in [0.5, 0.6) is 0 Å². The van der Waals surface area contributed by atoms with Gasteiger partial charge in [0.15, 0.2) is 12.1 Å². The van der Waals surface area contributed by atoms with Gasteiger partial charge in [0.25, 0.3) is 5.91 Å². The van der Waals surface area contributed by atoms with Crippen molar-refractivity contribution in [2.24, 2.45) is 17.2 Å². The number of amides is 9. The first kappa shape index (κ1) is 80.4. The monoisotopic (exact) mass is 1290 g/mol. The third-order valence-electron chi connectivity index (χ3n) is 14.5. The predicted molar refractivity (Wildman–Crippen MR) is 323 cm³/mol. The van der Waals surface area contributed by atoms with Crippen LogP contribution in [-0.4, -0.2) is 207 Å². The van der Waals surface area contributed by atoms with Crippen molar-refractivity contribution in [3.63, 3.8) is 0 Å². The number of aliphatic hydroxyl groups excluding tert-OH is 4. The minimum Gasteiger partial charge on any atom is -0.481 e. The number of rotatable bonds is 34. The molecular formula is C57H99ClN12O19. The molecule has 0 spiro atoms. The fourth-order valence-electron chi connectivity index (χ4n) is 9.29. The summed E-state index contributed by atoms with van der Waals surface area (Å²) >= 11 is 5.91.